The molecule has 0 saturated carbocycles. The second-order valence-corrected chi connectivity index (χ2v) is 11.2. The number of halogens is 1. The van der Waals surface area contributed by atoms with Crippen LogP contribution in [0.15, 0.2) is 78.2 Å². The van der Waals surface area contributed by atoms with Gasteiger partial charge < -0.3 is 15.7 Å². The van der Waals surface area contributed by atoms with Crippen molar-refractivity contribution in [1.82, 2.24) is 4.98 Å². The Kier molecular flexibility index (Phi) is 6.78. The molecule has 1 amide bonds. The maximum absolute atomic E-state index is 13.7. The molecular formula is C32H26ClN3O3S. The number of Topliss-reactive ketones (excluding diaryl/α,β-unsaturated/α-hetero) is 1. The van der Waals surface area contributed by atoms with Gasteiger partial charge in [-0.25, -0.2) is 4.98 Å². The molecule has 0 spiro atoms. The van der Waals surface area contributed by atoms with Crippen LogP contribution in [0.25, 0.3) is 22.0 Å². The number of alkyl halides is 1. The quantitative estimate of drug-likeness (QED) is 0.131. The number of nitrogen functional groups attached to an aromatic ring is 1. The summed E-state index contributed by atoms with van der Waals surface area (Å²) in [6.07, 6.45) is 0.280. The molecular weight excluding hydrogens is 542 g/mol. The molecule has 1 aliphatic rings. The second-order valence-electron chi connectivity index (χ2n) is 10.0. The first-order chi connectivity index (χ1) is 19.3. The lowest BCUT2D eigenvalue weighted by Gasteiger charge is -2.17. The number of hydrogen-bond acceptors (Lipinski definition) is 6. The highest BCUT2D eigenvalue weighted by Gasteiger charge is 2.36. The van der Waals surface area contributed by atoms with E-state index in [-0.39, 0.29) is 29.8 Å². The number of carbonyl (C=O) groups excluding carboxylic acids is 2. The summed E-state index contributed by atoms with van der Waals surface area (Å²) in [5.41, 5.74) is 12.1. The van der Waals surface area contributed by atoms with Crippen molar-refractivity contribution in [3.8, 4) is 17.0 Å². The molecule has 6 nitrogen and oxygen atoms in total. The average molecular weight is 568 g/mol. The Morgan fingerprint density at radius 3 is 2.58 bits per heavy atom. The zero-order valence-corrected chi connectivity index (χ0v) is 23.3. The fourth-order valence-electron chi connectivity index (χ4n) is 5.39. The number of benzene rings is 4. The van der Waals surface area contributed by atoms with Gasteiger partial charge in [0.25, 0.3) is 5.91 Å². The van der Waals surface area contributed by atoms with Crippen LogP contribution in [0.4, 0.5) is 11.4 Å². The van der Waals surface area contributed by atoms with E-state index < -0.39 is 0 Å². The third-order valence-corrected chi connectivity index (χ3v) is 8.64. The first kappa shape index (κ1) is 26.0. The lowest BCUT2D eigenvalue weighted by molar-refractivity contribution is 0.0982. The highest BCUT2D eigenvalue weighted by molar-refractivity contribution is 7.12. The van der Waals surface area contributed by atoms with Crippen molar-refractivity contribution < 1.29 is 14.7 Å². The minimum Gasteiger partial charge on any atom is -0.507 e. The Labute approximate surface area is 240 Å². The molecule has 6 rings (SSSR count). The van der Waals surface area contributed by atoms with Crippen molar-refractivity contribution in [3.63, 3.8) is 0 Å². The van der Waals surface area contributed by atoms with Gasteiger partial charge in [0.1, 0.15) is 5.75 Å². The number of aromatic hydroxyl groups is 1. The van der Waals surface area contributed by atoms with Crippen molar-refractivity contribution in [1.29, 1.82) is 0 Å². The number of nitrogens with two attached hydrogens (primary N) is 1. The van der Waals surface area contributed by atoms with Gasteiger partial charge in [0, 0.05) is 58.4 Å². The summed E-state index contributed by atoms with van der Waals surface area (Å²) in [5, 5.41) is 14.7. The monoisotopic (exact) mass is 567 g/mol. The number of rotatable bonds is 6. The Hall–Kier alpha value is -4.20. The Balaban J connectivity index is 1.24. The number of phenols is 1. The van der Waals surface area contributed by atoms with Crippen LogP contribution in [0, 0.1) is 6.92 Å². The summed E-state index contributed by atoms with van der Waals surface area (Å²) in [5.74, 6) is 0.252. The van der Waals surface area contributed by atoms with Crippen LogP contribution in [0.1, 0.15) is 42.8 Å². The molecule has 2 heterocycles. The van der Waals surface area contributed by atoms with E-state index in [0.29, 0.717) is 40.1 Å². The van der Waals surface area contributed by atoms with Crippen molar-refractivity contribution in [2.24, 2.45) is 0 Å². The van der Waals surface area contributed by atoms with Crippen LogP contribution in [0.3, 0.4) is 0 Å². The van der Waals surface area contributed by atoms with Gasteiger partial charge in [0.15, 0.2) is 10.8 Å². The Morgan fingerprint density at radius 1 is 1.10 bits per heavy atom. The minimum atomic E-state index is -0.219. The van der Waals surface area contributed by atoms with Crippen LogP contribution in [0.2, 0.25) is 0 Å². The molecule has 200 valence electrons. The lowest BCUT2D eigenvalue weighted by Crippen LogP contribution is -2.30. The number of hydrogen-bond donors (Lipinski definition) is 2. The van der Waals surface area contributed by atoms with Crippen molar-refractivity contribution >= 4 is 56.8 Å². The molecule has 0 saturated heterocycles. The normalized spacial score (nSPS) is 14.4. The smallest absolute Gasteiger partial charge is 0.287 e. The number of aryl methyl sites for hydroxylation is 1. The standard InChI is InChI=1S/C32H26ClN3O3S/c1-18-3-2-4-24-28(38)14-26-30(29(18)24)22(15-33)16-36(26)32(39)31-35-25(17-40-31)20-7-5-19(6-8-20)13-27(37)21-9-11-23(34)12-10-21/h2-12,14,17,22,38H,13,15-16,34H2,1H3/t22-/m1/s1. The first-order valence-electron chi connectivity index (χ1n) is 12.9. The van der Waals surface area contributed by atoms with Crippen LogP contribution in [-0.4, -0.2) is 34.2 Å². The van der Waals surface area contributed by atoms with Crippen LogP contribution in [-0.2, 0) is 6.42 Å². The van der Waals surface area contributed by atoms with Crippen molar-refractivity contribution in [3.05, 3.63) is 105 Å². The maximum atomic E-state index is 13.7. The number of aromatic nitrogens is 1. The first-order valence-corrected chi connectivity index (χ1v) is 14.3. The average Bonchev–Trinajstić information content (AvgIpc) is 3.59. The van der Waals surface area contributed by atoms with Crippen molar-refractivity contribution in [2.75, 3.05) is 23.1 Å². The van der Waals surface area contributed by atoms with Gasteiger partial charge in [-0.2, -0.15) is 0 Å². The molecule has 8 heteroatoms. The molecule has 40 heavy (non-hydrogen) atoms. The highest BCUT2D eigenvalue weighted by atomic mass is 35.5. The van der Waals surface area contributed by atoms with E-state index in [1.54, 1.807) is 35.2 Å². The van der Waals surface area contributed by atoms with Gasteiger partial charge in [0.2, 0.25) is 0 Å². The molecule has 0 radical (unpaired) electrons. The third kappa shape index (κ3) is 4.61. The van der Waals surface area contributed by atoms with E-state index in [9.17, 15) is 14.7 Å². The maximum Gasteiger partial charge on any atom is 0.287 e. The van der Waals surface area contributed by atoms with E-state index >= 15 is 0 Å². The van der Waals surface area contributed by atoms with Crippen LogP contribution < -0.4 is 10.6 Å². The number of amides is 1. The van der Waals surface area contributed by atoms with E-state index in [0.717, 1.165) is 33.0 Å². The van der Waals surface area contributed by atoms with Gasteiger partial charge in [-0.05, 0) is 53.3 Å². The summed E-state index contributed by atoms with van der Waals surface area (Å²) in [7, 11) is 0. The highest BCUT2D eigenvalue weighted by Crippen LogP contribution is 2.46. The predicted octanol–water partition coefficient (Wildman–Crippen LogP) is 6.97. The molecule has 3 N–H and O–H groups in total. The number of anilines is 2. The third-order valence-electron chi connectivity index (χ3n) is 7.44. The van der Waals surface area contributed by atoms with E-state index in [1.807, 2.05) is 54.8 Å². The van der Waals surface area contributed by atoms with Gasteiger partial charge in [-0.15, -0.1) is 22.9 Å². The lowest BCUT2D eigenvalue weighted by atomic mass is 9.92. The number of nitrogens with zero attached hydrogens (tertiary/aromatic N) is 2. The predicted molar refractivity (Wildman–Crippen MR) is 162 cm³/mol. The fraction of sp³-hybridized carbons (Fsp3) is 0.156. The number of carbonyl (C=O) groups is 2. The second kappa shape index (κ2) is 10.4. The molecule has 0 fully saturated rings. The summed E-state index contributed by atoms with van der Waals surface area (Å²) >= 11 is 7.66. The Bertz CT molecular complexity index is 1760. The topological polar surface area (TPSA) is 96.5 Å². The number of fused-ring (bicyclic) bond motifs is 3. The van der Waals surface area contributed by atoms with Crippen molar-refractivity contribution in [2.45, 2.75) is 19.3 Å². The van der Waals surface area contributed by atoms with Gasteiger partial charge >= 0.3 is 0 Å². The Morgan fingerprint density at radius 2 is 1.85 bits per heavy atom. The molecule has 0 unspecified atom stereocenters. The van der Waals surface area contributed by atoms with E-state index in [1.165, 1.54) is 11.3 Å². The summed E-state index contributed by atoms with van der Waals surface area (Å²) < 4.78 is 0. The summed E-state index contributed by atoms with van der Waals surface area (Å²) in [4.78, 5) is 32.6. The van der Waals surface area contributed by atoms with E-state index in [2.05, 4.69) is 4.98 Å². The molecule has 1 atom stereocenters. The van der Waals surface area contributed by atoms with Crippen LogP contribution in [0.5, 0.6) is 5.75 Å². The van der Waals surface area contributed by atoms with E-state index in [4.69, 9.17) is 17.3 Å². The molecule has 0 aliphatic carbocycles. The van der Waals surface area contributed by atoms with Gasteiger partial charge in [-0.3, -0.25) is 9.59 Å². The largest absolute Gasteiger partial charge is 0.507 e. The summed E-state index contributed by atoms with van der Waals surface area (Å²) in [6, 6.07) is 22.0. The zero-order valence-electron chi connectivity index (χ0n) is 21.7. The minimum absolute atomic E-state index is 0.0180. The van der Waals surface area contributed by atoms with Crippen LogP contribution >= 0.6 is 22.9 Å². The van der Waals surface area contributed by atoms with Gasteiger partial charge in [-0.1, -0.05) is 42.5 Å². The SMILES string of the molecule is Cc1cccc2c(O)cc3c(c12)[C@H](CCl)CN3C(=O)c1nc(-c2ccc(CC(=O)c3ccc(N)cc3)cc2)cs1. The molecule has 4 aromatic carbocycles. The number of ketones is 1. The summed E-state index contributed by atoms with van der Waals surface area (Å²) in [6.45, 7) is 2.43. The molecule has 0 bridgehead atoms. The fourth-order valence-corrected chi connectivity index (χ4v) is 6.41. The number of thiazole rings is 1. The molecule has 5 aromatic rings. The zero-order chi connectivity index (χ0) is 28.0. The van der Waals surface area contributed by atoms with Gasteiger partial charge in [0.05, 0.1) is 11.4 Å². The molecule has 1 aliphatic heterocycles. The number of phenolic OH excluding ortho intramolecular Hbond substituents is 1. The molecule has 1 aromatic heterocycles.